The van der Waals surface area contributed by atoms with Crippen LogP contribution in [0.3, 0.4) is 0 Å². The molecule has 0 saturated heterocycles. The molecule has 1 aromatic carbocycles. The summed E-state index contributed by atoms with van der Waals surface area (Å²) >= 11 is 0. The number of nitrogens with zero attached hydrogens (tertiary/aromatic N) is 2. The van der Waals surface area contributed by atoms with Gasteiger partial charge in [-0.1, -0.05) is 12.1 Å². The van der Waals surface area contributed by atoms with Gasteiger partial charge in [0, 0.05) is 25.8 Å². The lowest BCUT2D eigenvalue weighted by Crippen LogP contribution is -2.18. The fourth-order valence-corrected chi connectivity index (χ4v) is 1.68. The van der Waals surface area contributed by atoms with Crippen LogP contribution in [-0.4, -0.2) is 9.78 Å². The molecule has 1 heterocycles. The number of aromatic nitrogens is 2. The largest absolute Gasteiger partial charge is 0.304 e. The van der Waals surface area contributed by atoms with Gasteiger partial charge in [0.1, 0.15) is 5.82 Å². The van der Waals surface area contributed by atoms with E-state index in [0.717, 1.165) is 11.3 Å². The fraction of sp³-hybridized carbons (Fsp3) is 0.308. The van der Waals surface area contributed by atoms with Gasteiger partial charge in [0.05, 0.1) is 5.69 Å². The highest BCUT2D eigenvalue weighted by Gasteiger charge is 2.05. The Hall–Kier alpha value is -1.68. The summed E-state index contributed by atoms with van der Waals surface area (Å²) in [6.07, 6.45) is 1.92. The number of halogens is 1. The van der Waals surface area contributed by atoms with E-state index in [4.69, 9.17) is 0 Å². The van der Waals surface area contributed by atoms with Crippen LogP contribution in [0.2, 0.25) is 0 Å². The van der Waals surface area contributed by atoms with Crippen LogP contribution < -0.4 is 5.32 Å². The van der Waals surface area contributed by atoms with E-state index < -0.39 is 0 Å². The molecule has 2 aromatic rings. The van der Waals surface area contributed by atoms with E-state index in [1.54, 1.807) is 16.8 Å². The van der Waals surface area contributed by atoms with Crippen molar-refractivity contribution >= 4 is 0 Å². The van der Waals surface area contributed by atoms with Crippen LogP contribution in [0.5, 0.6) is 0 Å². The van der Waals surface area contributed by atoms with Crippen LogP contribution >= 0.6 is 0 Å². The predicted molar refractivity (Wildman–Crippen MR) is 64.9 cm³/mol. The number of hydrogen-bond donors (Lipinski definition) is 1. The highest BCUT2D eigenvalue weighted by Crippen LogP contribution is 2.13. The van der Waals surface area contributed by atoms with Gasteiger partial charge in [0.25, 0.3) is 0 Å². The van der Waals surface area contributed by atoms with Crippen molar-refractivity contribution < 1.29 is 4.39 Å². The maximum absolute atomic E-state index is 12.8. The summed E-state index contributed by atoms with van der Waals surface area (Å²) in [6, 6.07) is 8.71. The average molecular weight is 233 g/mol. The Morgan fingerprint density at radius 3 is 2.59 bits per heavy atom. The minimum atomic E-state index is -0.203. The van der Waals surface area contributed by atoms with E-state index in [1.165, 1.54) is 12.1 Å². The van der Waals surface area contributed by atoms with Crippen LogP contribution in [0.4, 0.5) is 4.39 Å². The zero-order valence-corrected chi connectivity index (χ0v) is 10.0. The van der Waals surface area contributed by atoms with Crippen molar-refractivity contribution in [3.63, 3.8) is 0 Å². The van der Waals surface area contributed by atoms with Crippen molar-refractivity contribution in [1.29, 1.82) is 0 Å². The highest BCUT2D eigenvalue weighted by molar-refractivity contribution is 5.19. The molecule has 0 aliphatic rings. The van der Waals surface area contributed by atoms with Gasteiger partial charge in [0.2, 0.25) is 0 Å². The topological polar surface area (TPSA) is 29.9 Å². The molecule has 4 heteroatoms. The van der Waals surface area contributed by atoms with Crippen molar-refractivity contribution in [2.24, 2.45) is 7.05 Å². The molecule has 0 fully saturated rings. The fourth-order valence-electron chi connectivity index (χ4n) is 1.68. The molecule has 2 rings (SSSR count). The summed E-state index contributed by atoms with van der Waals surface area (Å²) in [5, 5.41) is 7.63. The standard InChI is InChI=1S/C13H16FN3/c1-10(11-3-5-12(14)6-4-11)15-9-13-7-8-17(2)16-13/h3-8,10,15H,9H2,1-2H3/t10-/m0/s1. The molecular formula is C13H16FN3. The molecule has 0 saturated carbocycles. The third-order valence-electron chi connectivity index (χ3n) is 2.73. The first-order valence-corrected chi connectivity index (χ1v) is 5.62. The van der Waals surface area contributed by atoms with E-state index in [2.05, 4.69) is 17.3 Å². The average Bonchev–Trinajstić information content (AvgIpc) is 2.73. The molecule has 3 nitrogen and oxygen atoms in total. The third-order valence-corrected chi connectivity index (χ3v) is 2.73. The molecule has 0 unspecified atom stereocenters. The first-order valence-electron chi connectivity index (χ1n) is 5.62. The van der Waals surface area contributed by atoms with Crippen LogP contribution in [0.25, 0.3) is 0 Å². The van der Waals surface area contributed by atoms with Crippen molar-refractivity contribution in [2.45, 2.75) is 19.5 Å². The quantitative estimate of drug-likeness (QED) is 0.878. The maximum Gasteiger partial charge on any atom is 0.123 e. The summed E-state index contributed by atoms with van der Waals surface area (Å²) < 4.78 is 14.5. The molecule has 0 aliphatic carbocycles. The highest BCUT2D eigenvalue weighted by atomic mass is 19.1. The molecular weight excluding hydrogens is 217 g/mol. The Kier molecular flexibility index (Phi) is 3.54. The Labute approximate surface area is 100 Å². The van der Waals surface area contributed by atoms with E-state index >= 15 is 0 Å². The van der Waals surface area contributed by atoms with Gasteiger partial charge in [-0.15, -0.1) is 0 Å². The lowest BCUT2D eigenvalue weighted by Gasteiger charge is -2.13. The minimum absolute atomic E-state index is 0.178. The molecule has 1 N–H and O–H groups in total. The smallest absolute Gasteiger partial charge is 0.123 e. The second kappa shape index (κ2) is 5.10. The maximum atomic E-state index is 12.8. The second-order valence-corrected chi connectivity index (χ2v) is 4.13. The first kappa shape index (κ1) is 11.8. The normalized spacial score (nSPS) is 12.6. The molecule has 0 radical (unpaired) electrons. The van der Waals surface area contributed by atoms with Crippen molar-refractivity contribution in [1.82, 2.24) is 15.1 Å². The number of benzene rings is 1. The number of hydrogen-bond acceptors (Lipinski definition) is 2. The first-order chi connectivity index (χ1) is 8.15. The second-order valence-electron chi connectivity index (χ2n) is 4.13. The molecule has 0 amide bonds. The van der Waals surface area contributed by atoms with Gasteiger partial charge in [-0.2, -0.15) is 5.10 Å². The Balaban J connectivity index is 1.93. The minimum Gasteiger partial charge on any atom is -0.304 e. The van der Waals surface area contributed by atoms with Crippen molar-refractivity contribution in [3.05, 3.63) is 53.6 Å². The lowest BCUT2D eigenvalue weighted by atomic mass is 10.1. The summed E-state index contributed by atoms with van der Waals surface area (Å²) in [7, 11) is 1.90. The van der Waals surface area contributed by atoms with E-state index in [9.17, 15) is 4.39 Å². The summed E-state index contributed by atoms with van der Waals surface area (Å²) in [6.45, 7) is 2.76. The van der Waals surface area contributed by atoms with Gasteiger partial charge < -0.3 is 5.32 Å². The zero-order chi connectivity index (χ0) is 12.3. The molecule has 0 aliphatic heterocycles. The summed E-state index contributed by atoms with van der Waals surface area (Å²) in [5.41, 5.74) is 2.07. The SMILES string of the molecule is C[C@H](NCc1ccn(C)n1)c1ccc(F)cc1. The van der Waals surface area contributed by atoms with Gasteiger partial charge in [-0.05, 0) is 30.7 Å². The third kappa shape index (κ3) is 3.14. The van der Waals surface area contributed by atoms with Crippen LogP contribution in [0.1, 0.15) is 24.2 Å². The van der Waals surface area contributed by atoms with E-state index in [0.29, 0.717) is 6.54 Å². The molecule has 1 aromatic heterocycles. The molecule has 0 bridgehead atoms. The molecule has 0 spiro atoms. The van der Waals surface area contributed by atoms with Gasteiger partial charge in [-0.25, -0.2) is 4.39 Å². The van der Waals surface area contributed by atoms with Crippen LogP contribution in [0.15, 0.2) is 36.5 Å². The van der Waals surface area contributed by atoms with Gasteiger partial charge >= 0.3 is 0 Å². The predicted octanol–water partition coefficient (Wildman–Crippen LogP) is 2.41. The van der Waals surface area contributed by atoms with E-state index in [-0.39, 0.29) is 11.9 Å². The molecule has 90 valence electrons. The van der Waals surface area contributed by atoms with Crippen LogP contribution in [-0.2, 0) is 13.6 Å². The molecule has 17 heavy (non-hydrogen) atoms. The number of nitrogens with one attached hydrogen (secondary N) is 1. The Morgan fingerprint density at radius 2 is 2.00 bits per heavy atom. The van der Waals surface area contributed by atoms with E-state index in [1.807, 2.05) is 19.3 Å². The lowest BCUT2D eigenvalue weighted by molar-refractivity contribution is 0.559. The van der Waals surface area contributed by atoms with Gasteiger partial charge in [0.15, 0.2) is 0 Å². The van der Waals surface area contributed by atoms with Gasteiger partial charge in [-0.3, -0.25) is 4.68 Å². The number of rotatable bonds is 4. The van der Waals surface area contributed by atoms with Crippen molar-refractivity contribution in [2.75, 3.05) is 0 Å². The van der Waals surface area contributed by atoms with Crippen molar-refractivity contribution in [3.8, 4) is 0 Å². The zero-order valence-electron chi connectivity index (χ0n) is 10.0. The summed E-state index contributed by atoms with van der Waals surface area (Å²) in [5.74, 6) is -0.203. The summed E-state index contributed by atoms with van der Waals surface area (Å²) in [4.78, 5) is 0. The van der Waals surface area contributed by atoms with Crippen LogP contribution in [0, 0.1) is 5.82 Å². The Bertz CT molecular complexity index is 476. The molecule has 1 atom stereocenters. The number of aryl methyl sites for hydroxylation is 1. The monoisotopic (exact) mass is 233 g/mol. The Morgan fingerprint density at radius 1 is 1.29 bits per heavy atom.